The zero-order chi connectivity index (χ0) is 16.4. The van der Waals surface area contributed by atoms with Gasteiger partial charge in [-0.15, -0.1) is 0 Å². The Morgan fingerprint density at radius 3 is 2.58 bits per heavy atom. The van der Waals surface area contributed by atoms with Crippen LogP contribution in [0.4, 0.5) is 0 Å². The molecule has 0 aliphatic rings. The fourth-order valence-electron chi connectivity index (χ4n) is 2.85. The minimum absolute atomic E-state index is 0.678. The number of hydrogen-bond donors (Lipinski definition) is 0. The van der Waals surface area contributed by atoms with E-state index in [2.05, 4.69) is 18.0 Å². The molecule has 0 radical (unpaired) electrons. The van der Waals surface area contributed by atoms with Gasteiger partial charge in [0.15, 0.2) is 0 Å². The van der Waals surface area contributed by atoms with Gasteiger partial charge in [0.05, 0.1) is 23.2 Å². The maximum Gasteiger partial charge on any atom is 0.226 e. The number of benzene rings is 2. The van der Waals surface area contributed by atoms with Crippen molar-refractivity contribution in [2.75, 3.05) is 6.61 Å². The summed E-state index contributed by atoms with van der Waals surface area (Å²) in [6.45, 7) is 2.84. The maximum atomic E-state index is 6.09. The van der Waals surface area contributed by atoms with E-state index in [1.54, 1.807) is 0 Å². The molecule has 0 aliphatic carbocycles. The summed E-state index contributed by atoms with van der Waals surface area (Å²) in [5.41, 5.74) is 2.86. The number of fused-ring (bicyclic) bond motifs is 3. The highest BCUT2D eigenvalue weighted by Crippen LogP contribution is 2.32. The van der Waals surface area contributed by atoms with Crippen molar-refractivity contribution in [3.05, 3.63) is 60.8 Å². The number of pyridine rings is 1. The number of rotatable bonds is 5. The smallest absolute Gasteiger partial charge is 0.226 e. The maximum absolute atomic E-state index is 6.09. The Kier molecular flexibility index (Phi) is 3.87. The van der Waals surface area contributed by atoms with Gasteiger partial charge in [0.25, 0.3) is 0 Å². The molecule has 0 bridgehead atoms. The van der Waals surface area contributed by atoms with E-state index < -0.39 is 0 Å². The van der Waals surface area contributed by atoms with E-state index in [1.807, 2.05) is 59.4 Å². The molecular weight excluding hydrogens is 298 g/mol. The summed E-state index contributed by atoms with van der Waals surface area (Å²) in [5, 5.41) is 6.84. The third kappa shape index (κ3) is 2.50. The normalized spacial score (nSPS) is 11.2. The second-order valence-electron chi connectivity index (χ2n) is 5.79. The molecule has 0 atom stereocenters. The Morgan fingerprint density at radius 1 is 0.958 bits per heavy atom. The quantitative estimate of drug-likeness (QED) is 0.499. The first-order chi connectivity index (χ1) is 11.9. The first-order valence-electron chi connectivity index (χ1n) is 8.33. The van der Waals surface area contributed by atoms with Gasteiger partial charge < -0.3 is 4.74 Å². The van der Waals surface area contributed by atoms with E-state index >= 15 is 0 Å². The molecule has 120 valence electrons. The van der Waals surface area contributed by atoms with E-state index in [9.17, 15) is 0 Å². The number of aromatic nitrogens is 3. The van der Waals surface area contributed by atoms with Gasteiger partial charge in [0, 0.05) is 11.6 Å². The number of para-hydroxylation sites is 2. The van der Waals surface area contributed by atoms with Gasteiger partial charge in [0.1, 0.15) is 5.52 Å². The lowest BCUT2D eigenvalue weighted by Crippen LogP contribution is -2.04. The Bertz CT molecular complexity index is 976. The molecule has 0 aliphatic heterocycles. The Morgan fingerprint density at radius 2 is 1.75 bits per heavy atom. The van der Waals surface area contributed by atoms with E-state index in [0.717, 1.165) is 46.2 Å². The molecule has 0 saturated heterocycles. The predicted octanol–water partition coefficient (Wildman–Crippen LogP) is 4.75. The molecule has 2 heterocycles. The van der Waals surface area contributed by atoms with Gasteiger partial charge in [-0.1, -0.05) is 49.7 Å². The number of nitrogens with zero attached hydrogens (tertiary/aromatic N) is 3. The minimum atomic E-state index is 0.678. The molecule has 4 aromatic rings. The van der Waals surface area contributed by atoms with E-state index in [4.69, 9.17) is 9.84 Å². The van der Waals surface area contributed by atoms with Crippen molar-refractivity contribution in [3.63, 3.8) is 0 Å². The summed E-state index contributed by atoms with van der Waals surface area (Å²) in [6, 6.07) is 18.2. The second kappa shape index (κ2) is 6.32. The van der Waals surface area contributed by atoms with Crippen molar-refractivity contribution >= 4 is 21.8 Å². The van der Waals surface area contributed by atoms with E-state index in [0.29, 0.717) is 6.61 Å². The first-order valence-corrected chi connectivity index (χ1v) is 8.33. The first kappa shape index (κ1) is 14.7. The summed E-state index contributed by atoms with van der Waals surface area (Å²) in [4.78, 5) is 4.57. The fourth-order valence-corrected chi connectivity index (χ4v) is 2.85. The van der Waals surface area contributed by atoms with Crippen molar-refractivity contribution in [1.82, 2.24) is 14.8 Å². The Hall–Kier alpha value is -2.88. The average Bonchev–Trinajstić information content (AvgIpc) is 3.02. The fraction of sp³-hybridized carbons (Fsp3) is 0.200. The van der Waals surface area contributed by atoms with Crippen LogP contribution in [-0.4, -0.2) is 21.4 Å². The van der Waals surface area contributed by atoms with Crippen LogP contribution in [0.3, 0.4) is 0 Å². The molecule has 0 fully saturated rings. The third-order valence-corrected chi connectivity index (χ3v) is 4.11. The van der Waals surface area contributed by atoms with Gasteiger partial charge in [-0.3, -0.25) is 4.98 Å². The summed E-state index contributed by atoms with van der Waals surface area (Å²) in [7, 11) is 0. The summed E-state index contributed by atoms with van der Waals surface area (Å²) < 4.78 is 7.98. The topological polar surface area (TPSA) is 39.9 Å². The SMILES string of the molecule is CCCCOc1c2cnc3ccccc3c2nn1-c1ccccc1. The molecule has 4 nitrogen and oxygen atoms in total. The molecule has 4 rings (SSSR count). The van der Waals surface area contributed by atoms with Gasteiger partial charge in [-0.05, 0) is 24.6 Å². The van der Waals surface area contributed by atoms with Crippen LogP contribution in [0.15, 0.2) is 60.8 Å². The van der Waals surface area contributed by atoms with Gasteiger partial charge in [0.2, 0.25) is 5.88 Å². The predicted molar refractivity (Wildman–Crippen MR) is 96.8 cm³/mol. The minimum Gasteiger partial charge on any atom is -0.477 e. The molecule has 0 N–H and O–H groups in total. The van der Waals surface area contributed by atoms with Crippen LogP contribution < -0.4 is 4.74 Å². The van der Waals surface area contributed by atoms with Crippen molar-refractivity contribution in [2.45, 2.75) is 19.8 Å². The zero-order valence-corrected chi connectivity index (χ0v) is 13.6. The summed E-state index contributed by atoms with van der Waals surface area (Å²) in [5.74, 6) is 0.767. The standard InChI is InChI=1S/C20H19N3O/c1-2-3-13-24-20-17-14-21-18-12-8-7-11-16(18)19(17)22-23(20)15-9-5-4-6-10-15/h4-12,14H,2-3,13H2,1H3. The second-order valence-corrected chi connectivity index (χ2v) is 5.79. The Balaban J connectivity index is 1.95. The van der Waals surface area contributed by atoms with E-state index in [1.165, 1.54) is 0 Å². The number of unbranched alkanes of at least 4 members (excludes halogenated alkanes) is 1. The van der Waals surface area contributed by atoms with E-state index in [-0.39, 0.29) is 0 Å². The van der Waals surface area contributed by atoms with Gasteiger partial charge in [-0.25, -0.2) is 0 Å². The molecule has 0 spiro atoms. The van der Waals surface area contributed by atoms with Gasteiger partial charge >= 0.3 is 0 Å². The Labute approximate surface area is 140 Å². The summed E-state index contributed by atoms with van der Waals surface area (Å²) in [6.07, 6.45) is 3.98. The van der Waals surface area contributed by atoms with Crippen LogP contribution in [-0.2, 0) is 0 Å². The van der Waals surface area contributed by atoms with Crippen LogP contribution in [0, 0.1) is 0 Å². The molecule has 2 aromatic heterocycles. The molecule has 0 saturated carbocycles. The zero-order valence-electron chi connectivity index (χ0n) is 13.6. The lowest BCUT2D eigenvalue weighted by Gasteiger charge is -2.09. The van der Waals surface area contributed by atoms with Crippen LogP contribution in [0.2, 0.25) is 0 Å². The summed E-state index contributed by atoms with van der Waals surface area (Å²) >= 11 is 0. The van der Waals surface area contributed by atoms with Crippen LogP contribution in [0.5, 0.6) is 5.88 Å². The lowest BCUT2D eigenvalue weighted by atomic mass is 10.2. The van der Waals surface area contributed by atoms with Crippen molar-refractivity contribution in [3.8, 4) is 11.6 Å². The van der Waals surface area contributed by atoms with Crippen LogP contribution in [0.25, 0.3) is 27.5 Å². The van der Waals surface area contributed by atoms with Crippen LogP contribution >= 0.6 is 0 Å². The number of hydrogen-bond acceptors (Lipinski definition) is 3. The molecule has 2 aromatic carbocycles. The third-order valence-electron chi connectivity index (χ3n) is 4.11. The average molecular weight is 317 g/mol. The van der Waals surface area contributed by atoms with Gasteiger partial charge in [-0.2, -0.15) is 9.78 Å². The highest BCUT2D eigenvalue weighted by Gasteiger charge is 2.16. The lowest BCUT2D eigenvalue weighted by molar-refractivity contribution is 0.292. The van der Waals surface area contributed by atoms with Crippen molar-refractivity contribution in [2.24, 2.45) is 0 Å². The molecular formula is C20H19N3O. The largest absolute Gasteiger partial charge is 0.477 e. The number of ether oxygens (including phenoxy) is 1. The molecule has 24 heavy (non-hydrogen) atoms. The monoisotopic (exact) mass is 317 g/mol. The molecule has 4 heteroatoms. The molecule has 0 amide bonds. The highest BCUT2D eigenvalue weighted by molar-refractivity contribution is 6.05. The molecule has 0 unspecified atom stereocenters. The van der Waals surface area contributed by atoms with Crippen molar-refractivity contribution in [1.29, 1.82) is 0 Å². The highest BCUT2D eigenvalue weighted by atomic mass is 16.5. The van der Waals surface area contributed by atoms with Crippen molar-refractivity contribution < 1.29 is 4.74 Å². The van der Waals surface area contributed by atoms with Crippen LogP contribution in [0.1, 0.15) is 19.8 Å².